The van der Waals surface area contributed by atoms with E-state index in [2.05, 4.69) is 31.6 Å². The van der Waals surface area contributed by atoms with Gasteiger partial charge in [0.25, 0.3) is 11.8 Å². The van der Waals surface area contributed by atoms with Crippen LogP contribution >= 0.6 is 0 Å². The third-order valence-electron chi connectivity index (χ3n) is 14.0. The van der Waals surface area contributed by atoms with Gasteiger partial charge in [0.05, 0.1) is 19.8 Å². The summed E-state index contributed by atoms with van der Waals surface area (Å²) >= 11 is 0. The summed E-state index contributed by atoms with van der Waals surface area (Å²) < 4.78 is 19.6. The lowest BCUT2D eigenvalue weighted by atomic mass is 10.0. The van der Waals surface area contributed by atoms with Crippen molar-refractivity contribution >= 4 is 17.5 Å². The standard InChI is InChI=1S/C62H109N3O5/c1-4-7-10-13-16-19-22-25-28-31-34-37-40-43-50-68-58-53-56(62(67)65-64-61(66)55-46-48-57(63)49-47-55)54-59(69-51-44-41-38-35-32-29-26-23-20-17-14-11-8-5-2)60(58)70-52-45-42-39-36-33-30-27-24-21-18-15-12-9-6-3/h46-49,53-54H,4-45,50-52,63H2,1-3H3,(H,64,66)(H,65,67). The summed E-state index contributed by atoms with van der Waals surface area (Å²) in [6.45, 7) is 8.48. The predicted octanol–water partition coefficient (Wildman–Crippen LogP) is 18.9. The Morgan fingerprint density at radius 1 is 0.343 bits per heavy atom. The lowest BCUT2D eigenvalue weighted by Gasteiger charge is -2.19. The Balaban J connectivity index is 1.99. The van der Waals surface area contributed by atoms with E-state index in [1.54, 1.807) is 36.4 Å². The molecule has 0 heterocycles. The van der Waals surface area contributed by atoms with Crippen LogP contribution in [0.15, 0.2) is 36.4 Å². The molecule has 0 radical (unpaired) electrons. The average molecular weight is 977 g/mol. The van der Waals surface area contributed by atoms with Gasteiger partial charge in [-0.2, -0.15) is 0 Å². The van der Waals surface area contributed by atoms with E-state index in [0.29, 0.717) is 53.9 Å². The third kappa shape index (κ3) is 34.8. The van der Waals surface area contributed by atoms with Crippen molar-refractivity contribution in [3.8, 4) is 17.2 Å². The number of rotatable bonds is 50. The van der Waals surface area contributed by atoms with E-state index >= 15 is 0 Å². The number of nitrogen functional groups attached to an aromatic ring is 1. The molecule has 0 saturated carbocycles. The van der Waals surface area contributed by atoms with Gasteiger partial charge < -0.3 is 19.9 Å². The molecule has 2 rings (SSSR count). The van der Waals surface area contributed by atoms with Crippen molar-refractivity contribution in [2.45, 2.75) is 290 Å². The molecule has 0 aliphatic rings. The summed E-state index contributed by atoms with van der Waals surface area (Å²) in [6.07, 6.45) is 54.6. The first-order valence-corrected chi connectivity index (χ1v) is 30.0. The Kier molecular flexibility index (Phi) is 41.8. The minimum Gasteiger partial charge on any atom is -0.490 e. The minimum atomic E-state index is -0.454. The van der Waals surface area contributed by atoms with Crippen molar-refractivity contribution in [1.82, 2.24) is 10.9 Å². The number of ether oxygens (including phenoxy) is 3. The zero-order valence-electron chi connectivity index (χ0n) is 45.9. The summed E-state index contributed by atoms with van der Waals surface area (Å²) in [5.74, 6) is 0.741. The normalized spacial score (nSPS) is 11.2. The highest BCUT2D eigenvalue weighted by Crippen LogP contribution is 2.40. The van der Waals surface area contributed by atoms with Crippen LogP contribution in [0.1, 0.15) is 311 Å². The number of hydrazine groups is 1. The largest absolute Gasteiger partial charge is 0.490 e. The molecule has 0 atom stereocenters. The predicted molar refractivity (Wildman–Crippen MR) is 300 cm³/mol. The van der Waals surface area contributed by atoms with E-state index < -0.39 is 11.8 Å². The molecule has 0 unspecified atom stereocenters. The molecule has 8 heteroatoms. The quantitative estimate of drug-likeness (QED) is 0.0346. The van der Waals surface area contributed by atoms with Gasteiger partial charge in [-0.1, -0.05) is 271 Å². The van der Waals surface area contributed by atoms with Gasteiger partial charge in [0, 0.05) is 16.8 Å². The van der Waals surface area contributed by atoms with Crippen LogP contribution in [0.2, 0.25) is 0 Å². The van der Waals surface area contributed by atoms with Crippen LogP contribution < -0.4 is 30.8 Å². The van der Waals surface area contributed by atoms with Crippen LogP contribution in [0, 0.1) is 0 Å². The SMILES string of the molecule is CCCCCCCCCCCCCCCCOc1cc(C(=O)NNC(=O)c2ccc(N)cc2)cc(OCCCCCCCCCCCCCCCC)c1OCCCCCCCCCCCCCCCC. The van der Waals surface area contributed by atoms with E-state index in [1.165, 1.54) is 231 Å². The number of anilines is 1. The number of unbranched alkanes of at least 4 members (excludes halogenated alkanes) is 39. The molecule has 2 aromatic rings. The van der Waals surface area contributed by atoms with E-state index in [-0.39, 0.29) is 0 Å². The monoisotopic (exact) mass is 976 g/mol. The van der Waals surface area contributed by atoms with Crippen LogP contribution in [0.25, 0.3) is 0 Å². The maximum atomic E-state index is 13.7. The van der Waals surface area contributed by atoms with E-state index in [0.717, 1.165) is 38.5 Å². The molecule has 0 fully saturated rings. The maximum absolute atomic E-state index is 13.7. The lowest BCUT2D eigenvalue weighted by Crippen LogP contribution is -2.41. The molecule has 0 aliphatic carbocycles. The zero-order chi connectivity index (χ0) is 50.2. The van der Waals surface area contributed by atoms with Gasteiger partial charge in [0.2, 0.25) is 5.75 Å². The van der Waals surface area contributed by atoms with Crippen molar-refractivity contribution in [2.24, 2.45) is 0 Å². The Morgan fingerprint density at radius 2 is 0.586 bits per heavy atom. The number of nitrogens with two attached hydrogens (primary N) is 1. The smallest absolute Gasteiger partial charge is 0.269 e. The van der Waals surface area contributed by atoms with Gasteiger partial charge in [-0.05, 0) is 55.7 Å². The molecule has 8 nitrogen and oxygen atoms in total. The molecule has 402 valence electrons. The first kappa shape index (κ1) is 62.7. The Bertz CT molecular complexity index is 1440. The highest BCUT2D eigenvalue weighted by molar-refractivity contribution is 5.99. The average Bonchev–Trinajstić information content (AvgIpc) is 3.37. The fourth-order valence-electron chi connectivity index (χ4n) is 9.39. The highest BCUT2D eigenvalue weighted by Gasteiger charge is 2.20. The van der Waals surface area contributed by atoms with Gasteiger partial charge in [0.15, 0.2) is 11.5 Å². The molecule has 4 N–H and O–H groups in total. The summed E-state index contributed by atoms with van der Waals surface area (Å²) in [4.78, 5) is 26.6. The highest BCUT2D eigenvalue weighted by atomic mass is 16.5. The second-order valence-electron chi connectivity index (χ2n) is 20.7. The second-order valence-corrected chi connectivity index (χ2v) is 20.7. The molecular formula is C62H109N3O5. The summed E-state index contributed by atoms with van der Waals surface area (Å²) in [7, 11) is 0. The Morgan fingerprint density at radius 3 is 0.871 bits per heavy atom. The van der Waals surface area contributed by atoms with Crippen molar-refractivity contribution in [3.63, 3.8) is 0 Å². The molecular weight excluding hydrogens is 867 g/mol. The topological polar surface area (TPSA) is 112 Å². The fraction of sp³-hybridized carbons (Fsp3) is 0.774. The molecule has 0 aliphatic heterocycles. The van der Waals surface area contributed by atoms with Crippen LogP contribution in [-0.2, 0) is 0 Å². The fourth-order valence-corrected chi connectivity index (χ4v) is 9.39. The van der Waals surface area contributed by atoms with Crippen molar-refractivity contribution < 1.29 is 23.8 Å². The Labute approximate surface area is 431 Å². The zero-order valence-corrected chi connectivity index (χ0v) is 45.9. The van der Waals surface area contributed by atoms with Crippen molar-refractivity contribution in [2.75, 3.05) is 25.6 Å². The van der Waals surface area contributed by atoms with Gasteiger partial charge in [-0.15, -0.1) is 0 Å². The molecule has 0 saturated heterocycles. The third-order valence-corrected chi connectivity index (χ3v) is 14.0. The van der Waals surface area contributed by atoms with Gasteiger partial charge in [-0.25, -0.2) is 0 Å². The van der Waals surface area contributed by atoms with Crippen LogP contribution in [0.5, 0.6) is 17.2 Å². The van der Waals surface area contributed by atoms with Crippen LogP contribution in [-0.4, -0.2) is 31.6 Å². The number of nitrogens with one attached hydrogen (secondary N) is 2. The number of amides is 2. The maximum Gasteiger partial charge on any atom is 0.269 e. The molecule has 2 amide bonds. The van der Waals surface area contributed by atoms with Gasteiger partial charge in [0.1, 0.15) is 0 Å². The minimum absolute atomic E-state index is 0.341. The summed E-state index contributed by atoms with van der Waals surface area (Å²) in [6, 6.07) is 10.1. The molecule has 0 aromatic heterocycles. The van der Waals surface area contributed by atoms with Crippen molar-refractivity contribution in [3.05, 3.63) is 47.5 Å². The van der Waals surface area contributed by atoms with E-state index in [1.807, 2.05) is 0 Å². The van der Waals surface area contributed by atoms with Crippen molar-refractivity contribution in [1.29, 1.82) is 0 Å². The number of carbonyl (C=O) groups excluding carboxylic acids is 2. The number of hydrogen-bond acceptors (Lipinski definition) is 6. The summed E-state index contributed by atoms with van der Waals surface area (Å²) in [5, 5.41) is 0. The molecule has 2 aromatic carbocycles. The van der Waals surface area contributed by atoms with Gasteiger partial charge >= 0.3 is 0 Å². The van der Waals surface area contributed by atoms with E-state index in [9.17, 15) is 9.59 Å². The number of benzene rings is 2. The first-order chi connectivity index (χ1) is 34.5. The van der Waals surface area contributed by atoms with Gasteiger partial charge in [-0.3, -0.25) is 20.4 Å². The molecule has 0 bridgehead atoms. The molecule has 70 heavy (non-hydrogen) atoms. The Hall–Kier alpha value is -3.42. The first-order valence-electron chi connectivity index (χ1n) is 30.0. The van der Waals surface area contributed by atoms with Crippen LogP contribution in [0.4, 0.5) is 5.69 Å². The number of carbonyl (C=O) groups is 2. The van der Waals surface area contributed by atoms with Crippen LogP contribution in [0.3, 0.4) is 0 Å². The van der Waals surface area contributed by atoms with E-state index in [4.69, 9.17) is 19.9 Å². The molecule has 0 spiro atoms. The lowest BCUT2D eigenvalue weighted by molar-refractivity contribution is 0.0846. The second kappa shape index (κ2) is 46.6. The summed E-state index contributed by atoms with van der Waals surface area (Å²) in [5.41, 5.74) is 12.3. The number of hydrogen-bond donors (Lipinski definition) is 3.